The van der Waals surface area contributed by atoms with Gasteiger partial charge in [-0.1, -0.05) is 24.3 Å². The Labute approximate surface area is 199 Å². The minimum atomic E-state index is -0.615. The van der Waals surface area contributed by atoms with Crippen molar-refractivity contribution in [2.24, 2.45) is 0 Å². The number of hydrogen-bond acceptors (Lipinski definition) is 7. The molecule has 0 bridgehead atoms. The molecule has 2 heterocycles. The third-order valence-corrected chi connectivity index (χ3v) is 6.14. The van der Waals surface area contributed by atoms with Crippen molar-refractivity contribution in [2.45, 2.75) is 26.4 Å². The van der Waals surface area contributed by atoms with Crippen LogP contribution in [-0.2, 0) is 22.6 Å². The van der Waals surface area contributed by atoms with Crippen molar-refractivity contribution >= 4 is 33.9 Å². The van der Waals surface area contributed by atoms with Gasteiger partial charge in [0.1, 0.15) is 12.4 Å². The summed E-state index contributed by atoms with van der Waals surface area (Å²) < 4.78 is 12.0. The summed E-state index contributed by atoms with van der Waals surface area (Å²) in [4.78, 5) is 42.4. The molecule has 4 aromatic rings. The van der Waals surface area contributed by atoms with Crippen molar-refractivity contribution in [2.75, 3.05) is 12.4 Å². The number of benzene rings is 2. The van der Waals surface area contributed by atoms with E-state index in [4.69, 9.17) is 9.47 Å². The number of carbonyl (C=O) groups is 2. The van der Waals surface area contributed by atoms with Crippen molar-refractivity contribution in [1.82, 2.24) is 9.38 Å². The summed E-state index contributed by atoms with van der Waals surface area (Å²) in [6.07, 6.45) is 0.804. The van der Waals surface area contributed by atoms with E-state index < -0.39 is 5.97 Å². The molecule has 0 saturated heterocycles. The first kappa shape index (κ1) is 23.2. The van der Waals surface area contributed by atoms with Crippen LogP contribution in [0.15, 0.2) is 64.8 Å². The van der Waals surface area contributed by atoms with Crippen LogP contribution in [0.1, 0.15) is 33.7 Å². The lowest BCUT2D eigenvalue weighted by Crippen LogP contribution is -2.18. The van der Waals surface area contributed by atoms with Gasteiger partial charge >= 0.3 is 5.97 Å². The van der Waals surface area contributed by atoms with E-state index in [0.29, 0.717) is 22.8 Å². The minimum Gasteiger partial charge on any atom is -0.497 e. The second-order valence-corrected chi connectivity index (χ2v) is 8.44. The number of hydrogen-bond donors (Lipinski definition) is 1. The summed E-state index contributed by atoms with van der Waals surface area (Å²) >= 11 is 1.34. The molecular formula is C25H23N3O5S. The number of para-hydroxylation sites is 1. The predicted molar refractivity (Wildman–Crippen MR) is 130 cm³/mol. The number of nitrogens with zero attached hydrogens (tertiary/aromatic N) is 2. The molecule has 0 aliphatic heterocycles. The van der Waals surface area contributed by atoms with Crippen LogP contribution in [0.2, 0.25) is 0 Å². The van der Waals surface area contributed by atoms with Crippen LogP contribution in [0.25, 0.3) is 4.96 Å². The molecule has 4 rings (SSSR count). The SMILES string of the molecule is COc1ccc(CCC(=O)Nc2ccccc2C(=O)OCc2cc(=O)n3c(C)csc3n2)cc1. The number of esters is 1. The summed E-state index contributed by atoms with van der Waals surface area (Å²) in [5.74, 6) is -0.0776. The van der Waals surface area contributed by atoms with Crippen LogP contribution in [0.4, 0.5) is 5.69 Å². The average molecular weight is 478 g/mol. The first-order valence-corrected chi connectivity index (χ1v) is 11.5. The Bertz CT molecular complexity index is 1390. The molecule has 0 atom stereocenters. The van der Waals surface area contributed by atoms with Gasteiger partial charge in [-0.3, -0.25) is 14.0 Å². The number of fused-ring (bicyclic) bond motifs is 1. The monoisotopic (exact) mass is 477 g/mol. The number of aryl methyl sites for hydroxylation is 2. The summed E-state index contributed by atoms with van der Waals surface area (Å²) in [6, 6.07) is 15.5. The van der Waals surface area contributed by atoms with Gasteiger partial charge in [-0.05, 0) is 43.2 Å². The Kier molecular flexibility index (Phi) is 7.03. The fraction of sp³-hybridized carbons (Fsp3) is 0.200. The Morgan fingerprint density at radius 1 is 1.12 bits per heavy atom. The summed E-state index contributed by atoms with van der Waals surface area (Å²) in [6.45, 7) is 1.68. The molecule has 0 saturated carbocycles. The number of anilines is 1. The quantitative estimate of drug-likeness (QED) is 0.385. The number of amides is 1. The Morgan fingerprint density at radius 3 is 2.65 bits per heavy atom. The minimum absolute atomic E-state index is 0.152. The van der Waals surface area contributed by atoms with Gasteiger partial charge in [0, 0.05) is 23.6 Å². The molecule has 0 fully saturated rings. The molecule has 0 spiro atoms. The lowest BCUT2D eigenvalue weighted by atomic mass is 10.1. The fourth-order valence-electron chi connectivity index (χ4n) is 3.42. The molecule has 2 aromatic heterocycles. The van der Waals surface area contributed by atoms with Crippen molar-refractivity contribution in [3.05, 3.63) is 92.8 Å². The molecule has 0 unspecified atom stereocenters. The number of methoxy groups -OCH3 is 1. The standard InChI is InChI=1S/C25H23N3O5S/c1-16-15-34-25-26-18(13-23(30)28(16)25)14-33-24(31)20-5-3-4-6-21(20)27-22(29)12-9-17-7-10-19(32-2)11-8-17/h3-8,10-11,13,15H,9,12,14H2,1-2H3,(H,27,29). The number of carbonyl (C=O) groups excluding carboxylic acids is 2. The molecule has 0 aliphatic carbocycles. The normalized spacial score (nSPS) is 10.8. The van der Waals surface area contributed by atoms with E-state index in [-0.39, 0.29) is 30.1 Å². The van der Waals surface area contributed by atoms with Gasteiger partial charge in [0.15, 0.2) is 4.96 Å². The van der Waals surface area contributed by atoms with Crippen LogP contribution < -0.4 is 15.6 Å². The zero-order valence-electron chi connectivity index (χ0n) is 18.7. The lowest BCUT2D eigenvalue weighted by molar-refractivity contribution is -0.116. The summed E-state index contributed by atoms with van der Waals surface area (Å²) in [5.41, 5.74) is 2.54. The van der Waals surface area contributed by atoms with Crippen LogP contribution in [0.5, 0.6) is 5.75 Å². The highest BCUT2D eigenvalue weighted by Gasteiger charge is 2.16. The average Bonchev–Trinajstić information content (AvgIpc) is 3.23. The molecule has 34 heavy (non-hydrogen) atoms. The molecule has 2 aromatic carbocycles. The van der Waals surface area contributed by atoms with E-state index in [1.807, 2.05) is 36.6 Å². The highest BCUT2D eigenvalue weighted by atomic mass is 32.1. The Balaban J connectivity index is 1.38. The van der Waals surface area contributed by atoms with Gasteiger partial charge in [0.2, 0.25) is 5.91 Å². The van der Waals surface area contributed by atoms with E-state index in [1.54, 1.807) is 31.4 Å². The van der Waals surface area contributed by atoms with E-state index >= 15 is 0 Å². The Hall–Kier alpha value is -3.98. The summed E-state index contributed by atoms with van der Waals surface area (Å²) in [5, 5.41) is 4.63. The van der Waals surface area contributed by atoms with Gasteiger partial charge in [-0.2, -0.15) is 0 Å². The smallest absolute Gasteiger partial charge is 0.340 e. The highest BCUT2D eigenvalue weighted by Crippen LogP contribution is 2.19. The lowest BCUT2D eigenvalue weighted by Gasteiger charge is -2.11. The maximum absolute atomic E-state index is 12.7. The highest BCUT2D eigenvalue weighted by molar-refractivity contribution is 7.15. The number of aromatic nitrogens is 2. The first-order valence-electron chi connectivity index (χ1n) is 10.6. The van der Waals surface area contributed by atoms with Crippen molar-refractivity contribution in [3.8, 4) is 5.75 Å². The largest absolute Gasteiger partial charge is 0.497 e. The summed E-state index contributed by atoms with van der Waals surface area (Å²) in [7, 11) is 1.60. The van der Waals surface area contributed by atoms with Crippen LogP contribution in [0.3, 0.4) is 0 Å². The van der Waals surface area contributed by atoms with E-state index in [9.17, 15) is 14.4 Å². The number of rotatable bonds is 8. The molecule has 1 amide bonds. The molecule has 1 N–H and O–H groups in total. The zero-order valence-corrected chi connectivity index (χ0v) is 19.6. The van der Waals surface area contributed by atoms with E-state index in [0.717, 1.165) is 17.0 Å². The Morgan fingerprint density at radius 2 is 1.88 bits per heavy atom. The number of nitrogens with one attached hydrogen (secondary N) is 1. The topological polar surface area (TPSA) is 99.0 Å². The third-order valence-electron chi connectivity index (χ3n) is 5.20. The van der Waals surface area contributed by atoms with Crippen molar-refractivity contribution in [1.29, 1.82) is 0 Å². The molecular weight excluding hydrogens is 454 g/mol. The second kappa shape index (κ2) is 10.3. The van der Waals surface area contributed by atoms with Gasteiger partial charge in [-0.15, -0.1) is 11.3 Å². The number of thiazole rings is 1. The molecule has 0 aliphatic rings. The number of ether oxygens (including phenoxy) is 2. The van der Waals surface area contributed by atoms with Gasteiger partial charge < -0.3 is 14.8 Å². The van der Waals surface area contributed by atoms with Crippen molar-refractivity contribution in [3.63, 3.8) is 0 Å². The predicted octanol–water partition coefficient (Wildman–Crippen LogP) is 4.00. The third kappa shape index (κ3) is 5.32. The molecule has 9 heteroatoms. The fourth-order valence-corrected chi connectivity index (χ4v) is 4.32. The van der Waals surface area contributed by atoms with Gasteiger partial charge in [0.05, 0.1) is 24.1 Å². The van der Waals surface area contributed by atoms with E-state index in [2.05, 4.69) is 10.3 Å². The second-order valence-electron chi connectivity index (χ2n) is 7.60. The maximum atomic E-state index is 12.7. The molecule has 8 nitrogen and oxygen atoms in total. The van der Waals surface area contributed by atoms with Gasteiger partial charge in [0.25, 0.3) is 5.56 Å². The van der Waals surface area contributed by atoms with Crippen LogP contribution >= 0.6 is 11.3 Å². The van der Waals surface area contributed by atoms with E-state index in [1.165, 1.54) is 21.8 Å². The molecule has 174 valence electrons. The zero-order chi connectivity index (χ0) is 24.1. The maximum Gasteiger partial charge on any atom is 0.340 e. The van der Waals surface area contributed by atoms with Crippen LogP contribution in [0, 0.1) is 6.92 Å². The van der Waals surface area contributed by atoms with Crippen molar-refractivity contribution < 1.29 is 19.1 Å². The van der Waals surface area contributed by atoms with Crippen LogP contribution in [-0.4, -0.2) is 28.4 Å². The molecule has 0 radical (unpaired) electrons. The first-order chi connectivity index (χ1) is 16.4. The van der Waals surface area contributed by atoms with Gasteiger partial charge in [-0.25, -0.2) is 9.78 Å².